The molecule has 0 aliphatic heterocycles. The molecule has 0 aliphatic carbocycles. The Labute approximate surface area is 175 Å². The summed E-state index contributed by atoms with van der Waals surface area (Å²) in [5.74, 6) is 0.329. The number of amidine groups is 1. The molecule has 0 aliphatic rings. The number of hydrogen-bond acceptors (Lipinski definition) is 3. The largest absolute Gasteiger partial charge is 0.477 e. The Morgan fingerprint density at radius 1 is 0.862 bits per heavy atom. The van der Waals surface area contributed by atoms with Gasteiger partial charge in [-0.15, -0.1) is 4.40 Å². The molecule has 0 saturated carbocycles. The van der Waals surface area contributed by atoms with Crippen molar-refractivity contribution in [3.05, 3.63) is 101 Å². The summed E-state index contributed by atoms with van der Waals surface area (Å²) >= 11 is 5.87. The number of rotatable bonds is 5. The molecule has 3 rings (SSSR count). The predicted molar refractivity (Wildman–Crippen MR) is 116 cm³/mol. The Hall–Kier alpha value is -2.96. The van der Waals surface area contributed by atoms with Crippen LogP contribution in [0.4, 0.5) is 0 Å². The first-order valence-corrected chi connectivity index (χ1v) is 10.7. The summed E-state index contributed by atoms with van der Waals surface area (Å²) in [5, 5.41) is 0.442. The van der Waals surface area contributed by atoms with E-state index in [1.807, 2.05) is 43.3 Å². The van der Waals surface area contributed by atoms with Gasteiger partial charge in [-0.2, -0.15) is 13.4 Å². The van der Waals surface area contributed by atoms with E-state index < -0.39 is 10.0 Å². The molecule has 148 valence electrons. The van der Waals surface area contributed by atoms with Crippen molar-refractivity contribution in [1.82, 2.24) is 0 Å². The van der Waals surface area contributed by atoms with Crippen molar-refractivity contribution in [3.63, 3.8) is 0 Å². The first-order chi connectivity index (χ1) is 14.0. The molecule has 0 spiro atoms. The van der Waals surface area contributed by atoms with E-state index in [0.29, 0.717) is 23.1 Å². The third-order valence-corrected chi connectivity index (χ3v) is 5.39. The molecule has 3 aromatic rings. The van der Waals surface area contributed by atoms with Gasteiger partial charge in [0, 0.05) is 16.1 Å². The molecular weight excluding hydrogens is 408 g/mol. The van der Waals surface area contributed by atoms with E-state index >= 15 is 0 Å². The Morgan fingerprint density at radius 3 is 1.97 bits per heavy atom. The van der Waals surface area contributed by atoms with Crippen LogP contribution in [0.1, 0.15) is 18.1 Å². The fourth-order valence-corrected chi connectivity index (χ4v) is 3.58. The van der Waals surface area contributed by atoms with Gasteiger partial charge in [-0.1, -0.05) is 60.1 Å². The quantitative estimate of drug-likeness (QED) is 0.427. The monoisotopic (exact) mass is 426 g/mol. The lowest BCUT2D eigenvalue weighted by Crippen LogP contribution is -2.12. The van der Waals surface area contributed by atoms with Crippen LogP contribution in [0.15, 0.2) is 99.2 Å². The van der Waals surface area contributed by atoms with Crippen molar-refractivity contribution in [3.8, 4) is 0 Å². The highest BCUT2D eigenvalue weighted by atomic mass is 35.5. The van der Waals surface area contributed by atoms with Gasteiger partial charge in [0.1, 0.15) is 0 Å². The van der Waals surface area contributed by atoms with E-state index in [1.165, 1.54) is 24.3 Å². The summed E-state index contributed by atoms with van der Waals surface area (Å²) in [6.45, 7) is 2.21. The lowest BCUT2D eigenvalue weighted by Gasteiger charge is -2.09. The van der Waals surface area contributed by atoms with Crippen molar-refractivity contribution >= 4 is 33.4 Å². The molecule has 0 fully saturated rings. The number of hydrogen-bond donors (Lipinski definition) is 0. The Morgan fingerprint density at radius 2 is 1.41 bits per heavy atom. The van der Waals surface area contributed by atoms with Crippen LogP contribution in [0.3, 0.4) is 0 Å². The first kappa shape index (κ1) is 20.8. The van der Waals surface area contributed by atoms with Crippen molar-refractivity contribution in [1.29, 1.82) is 0 Å². The molecule has 5 nitrogen and oxygen atoms in total. The van der Waals surface area contributed by atoms with E-state index in [1.54, 1.807) is 24.3 Å². The zero-order chi connectivity index (χ0) is 20.7. The average molecular weight is 427 g/mol. The number of aliphatic imine (C=N–C) groups is 1. The molecule has 0 N–H and O–H groups in total. The highest BCUT2D eigenvalue weighted by Crippen LogP contribution is 2.18. The number of halogens is 1. The molecule has 0 heterocycles. The number of benzene rings is 3. The van der Waals surface area contributed by atoms with E-state index in [2.05, 4.69) is 9.39 Å². The Kier molecular flexibility index (Phi) is 6.80. The maximum atomic E-state index is 12.9. The van der Waals surface area contributed by atoms with Gasteiger partial charge >= 0.3 is 0 Å². The smallest absolute Gasteiger partial charge is 0.284 e. The minimum absolute atomic E-state index is 0.0307. The molecular formula is C22H19ClN2O3S. The van der Waals surface area contributed by atoms with Crippen LogP contribution in [0.5, 0.6) is 0 Å². The maximum absolute atomic E-state index is 12.9. The minimum atomic E-state index is -4.00. The Bertz CT molecular complexity index is 1110. The van der Waals surface area contributed by atoms with Crippen molar-refractivity contribution in [2.75, 3.05) is 6.61 Å². The second-order valence-electron chi connectivity index (χ2n) is 5.93. The third-order valence-electron chi connectivity index (χ3n) is 3.86. The molecule has 0 amide bonds. The molecule has 7 heteroatoms. The summed E-state index contributed by atoms with van der Waals surface area (Å²) in [6.07, 6.45) is 0. The average Bonchev–Trinajstić information content (AvgIpc) is 2.74. The topological polar surface area (TPSA) is 68.1 Å². The van der Waals surface area contributed by atoms with Gasteiger partial charge < -0.3 is 4.74 Å². The summed E-state index contributed by atoms with van der Waals surface area (Å²) in [4.78, 5) is 4.50. The fourth-order valence-electron chi connectivity index (χ4n) is 2.49. The summed E-state index contributed by atoms with van der Waals surface area (Å²) in [7, 11) is -4.00. The molecule has 0 bridgehead atoms. The summed E-state index contributed by atoms with van der Waals surface area (Å²) in [6, 6.07) is 24.0. The zero-order valence-electron chi connectivity index (χ0n) is 15.7. The van der Waals surface area contributed by atoms with Crippen LogP contribution < -0.4 is 0 Å². The van der Waals surface area contributed by atoms with Crippen molar-refractivity contribution < 1.29 is 13.2 Å². The highest BCUT2D eigenvalue weighted by Gasteiger charge is 2.17. The SMILES string of the molecule is CCOC(=NC(=NS(=O)(=O)c1ccc(Cl)cc1)c1ccccc1)c1ccccc1. The summed E-state index contributed by atoms with van der Waals surface area (Å²) < 4.78 is 35.4. The fraction of sp³-hybridized carbons (Fsp3) is 0.0909. The molecule has 0 unspecified atom stereocenters. The van der Waals surface area contributed by atoms with Crippen LogP contribution in [-0.4, -0.2) is 26.8 Å². The van der Waals surface area contributed by atoms with E-state index in [0.717, 1.165) is 5.56 Å². The number of sulfonamides is 1. The summed E-state index contributed by atoms with van der Waals surface area (Å²) in [5.41, 5.74) is 1.28. The van der Waals surface area contributed by atoms with Crippen molar-refractivity contribution in [2.24, 2.45) is 9.39 Å². The van der Waals surface area contributed by atoms with Gasteiger partial charge in [-0.3, -0.25) is 0 Å². The maximum Gasteiger partial charge on any atom is 0.284 e. The van der Waals surface area contributed by atoms with Crippen LogP contribution in [-0.2, 0) is 14.8 Å². The third kappa shape index (κ3) is 5.53. The highest BCUT2D eigenvalue weighted by molar-refractivity contribution is 7.90. The molecule has 29 heavy (non-hydrogen) atoms. The van der Waals surface area contributed by atoms with Gasteiger partial charge in [0.25, 0.3) is 10.0 Å². The number of ether oxygens (including phenoxy) is 1. The van der Waals surface area contributed by atoms with Gasteiger partial charge in [-0.25, -0.2) is 0 Å². The second kappa shape index (κ2) is 9.49. The van der Waals surface area contributed by atoms with E-state index in [9.17, 15) is 8.42 Å². The minimum Gasteiger partial charge on any atom is -0.477 e. The van der Waals surface area contributed by atoms with E-state index in [-0.39, 0.29) is 10.7 Å². The normalized spacial score (nSPS) is 12.6. The predicted octanol–water partition coefficient (Wildman–Crippen LogP) is 4.96. The van der Waals surface area contributed by atoms with Crippen LogP contribution in [0.2, 0.25) is 5.02 Å². The van der Waals surface area contributed by atoms with E-state index in [4.69, 9.17) is 16.3 Å². The lowest BCUT2D eigenvalue weighted by molar-refractivity contribution is 0.329. The molecule has 3 aromatic carbocycles. The molecule has 0 saturated heterocycles. The Balaban J connectivity index is 2.14. The van der Waals surface area contributed by atoms with Crippen LogP contribution in [0, 0.1) is 0 Å². The number of nitrogens with zero attached hydrogens (tertiary/aromatic N) is 2. The van der Waals surface area contributed by atoms with Gasteiger partial charge in [0.05, 0.1) is 11.5 Å². The standard InChI is InChI=1S/C22H19ClN2O3S/c1-2-28-22(18-11-7-4-8-12-18)24-21(17-9-5-3-6-10-17)25-29(26,27)20-15-13-19(23)14-16-20/h3-16H,2H2,1H3. The van der Waals surface area contributed by atoms with Crippen LogP contribution >= 0.6 is 11.6 Å². The second-order valence-corrected chi connectivity index (χ2v) is 7.97. The molecule has 0 radical (unpaired) electrons. The van der Waals surface area contributed by atoms with Gasteiger partial charge in [0.15, 0.2) is 5.84 Å². The lowest BCUT2D eigenvalue weighted by atomic mass is 10.2. The van der Waals surface area contributed by atoms with Gasteiger partial charge in [0.2, 0.25) is 5.90 Å². The van der Waals surface area contributed by atoms with Crippen molar-refractivity contribution in [2.45, 2.75) is 11.8 Å². The molecule has 0 atom stereocenters. The van der Waals surface area contributed by atoms with Crippen LogP contribution in [0.25, 0.3) is 0 Å². The van der Waals surface area contributed by atoms with Gasteiger partial charge in [-0.05, 0) is 43.3 Å². The first-order valence-electron chi connectivity index (χ1n) is 8.92. The zero-order valence-corrected chi connectivity index (χ0v) is 17.3. The molecule has 0 aromatic heterocycles.